The standard InChI is InChI=1S/C18H16N2O2/c21-17-14-7-3-4-8-15(14)18(22)20(17)11-16-13-6-2-1-5-12(13)9-10-19-16/h1-8,16,19H,9-11H2. The van der Waals surface area contributed by atoms with Crippen LogP contribution < -0.4 is 5.32 Å². The third kappa shape index (κ3) is 1.96. The van der Waals surface area contributed by atoms with Gasteiger partial charge < -0.3 is 5.32 Å². The molecule has 0 saturated heterocycles. The van der Waals surface area contributed by atoms with Gasteiger partial charge in [-0.3, -0.25) is 14.5 Å². The SMILES string of the molecule is O=C1c2ccccc2C(=O)N1CC1NCCc2ccccc21. The van der Waals surface area contributed by atoms with Crippen LogP contribution in [0.3, 0.4) is 0 Å². The van der Waals surface area contributed by atoms with E-state index in [1.165, 1.54) is 16.0 Å². The van der Waals surface area contributed by atoms with Gasteiger partial charge in [0.2, 0.25) is 0 Å². The van der Waals surface area contributed by atoms with E-state index in [1.807, 2.05) is 12.1 Å². The molecule has 22 heavy (non-hydrogen) atoms. The van der Waals surface area contributed by atoms with Gasteiger partial charge in [-0.1, -0.05) is 36.4 Å². The van der Waals surface area contributed by atoms with Crippen LogP contribution in [0.5, 0.6) is 0 Å². The van der Waals surface area contributed by atoms with Crippen LogP contribution in [0.25, 0.3) is 0 Å². The lowest BCUT2D eigenvalue weighted by Gasteiger charge is -2.29. The van der Waals surface area contributed by atoms with Gasteiger partial charge in [-0.05, 0) is 36.2 Å². The van der Waals surface area contributed by atoms with Gasteiger partial charge in [-0.25, -0.2) is 0 Å². The van der Waals surface area contributed by atoms with E-state index in [1.54, 1.807) is 24.3 Å². The van der Waals surface area contributed by atoms with Crippen LogP contribution >= 0.6 is 0 Å². The van der Waals surface area contributed by atoms with Crippen molar-refractivity contribution in [3.05, 3.63) is 70.8 Å². The van der Waals surface area contributed by atoms with Crippen LogP contribution in [-0.2, 0) is 6.42 Å². The number of amides is 2. The summed E-state index contributed by atoms with van der Waals surface area (Å²) >= 11 is 0. The van der Waals surface area contributed by atoms with E-state index in [4.69, 9.17) is 0 Å². The third-order valence-corrected chi connectivity index (χ3v) is 4.46. The number of carbonyl (C=O) groups excluding carboxylic acids is 2. The molecule has 2 amide bonds. The Balaban J connectivity index is 1.64. The topological polar surface area (TPSA) is 49.4 Å². The summed E-state index contributed by atoms with van der Waals surface area (Å²) in [7, 11) is 0. The highest BCUT2D eigenvalue weighted by atomic mass is 16.2. The fourth-order valence-electron chi connectivity index (χ4n) is 3.34. The maximum atomic E-state index is 12.5. The summed E-state index contributed by atoms with van der Waals surface area (Å²) < 4.78 is 0. The molecular formula is C18H16N2O2. The molecule has 4 nitrogen and oxygen atoms in total. The van der Waals surface area contributed by atoms with Crippen molar-refractivity contribution >= 4 is 11.8 Å². The summed E-state index contributed by atoms with van der Waals surface area (Å²) in [6.07, 6.45) is 0.981. The minimum atomic E-state index is -0.189. The van der Waals surface area contributed by atoms with Gasteiger partial charge in [0, 0.05) is 6.54 Å². The number of fused-ring (bicyclic) bond motifs is 2. The molecule has 0 fully saturated rings. The van der Waals surface area contributed by atoms with Crippen LogP contribution in [0.1, 0.15) is 37.9 Å². The quantitative estimate of drug-likeness (QED) is 0.863. The molecule has 1 atom stereocenters. The van der Waals surface area contributed by atoms with E-state index in [2.05, 4.69) is 17.4 Å². The summed E-state index contributed by atoms with van der Waals surface area (Å²) in [5.41, 5.74) is 3.50. The molecule has 2 aliphatic rings. The molecule has 2 aliphatic heterocycles. The van der Waals surface area contributed by atoms with Crippen LogP contribution in [0.15, 0.2) is 48.5 Å². The molecule has 4 heteroatoms. The first kappa shape index (κ1) is 13.2. The summed E-state index contributed by atoms with van der Waals surface area (Å²) in [5, 5.41) is 3.42. The lowest BCUT2D eigenvalue weighted by atomic mass is 9.94. The van der Waals surface area contributed by atoms with Gasteiger partial charge in [-0.15, -0.1) is 0 Å². The van der Waals surface area contributed by atoms with Crippen LogP contribution in [0.4, 0.5) is 0 Å². The lowest BCUT2D eigenvalue weighted by Crippen LogP contribution is -2.41. The third-order valence-electron chi connectivity index (χ3n) is 4.46. The van der Waals surface area contributed by atoms with Gasteiger partial charge in [0.05, 0.1) is 17.2 Å². The minimum absolute atomic E-state index is 0.00663. The number of nitrogens with one attached hydrogen (secondary N) is 1. The van der Waals surface area contributed by atoms with Gasteiger partial charge in [0.1, 0.15) is 0 Å². The van der Waals surface area contributed by atoms with E-state index >= 15 is 0 Å². The van der Waals surface area contributed by atoms with Crippen molar-refractivity contribution in [3.63, 3.8) is 0 Å². The predicted molar refractivity (Wildman–Crippen MR) is 82.7 cm³/mol. The molecule has 1 N–H and O–H groups in total. The summed E-state index contributed by atoms with van der Waals surface area (Å²) in [5.74, 6) is -0.379. The second-order valence-corrected chi connectivity index (χ2v) is 5.72. The van der Waals surface area contributed by atoms with Crippen molar-refractivity contribution in [3.8, 4) is 0 Å². The highest BCUT2D eigenvalue weighted by molar-refractivity contribution is 6.21. The van der Waals surface area contributed by atoms with Gasteiger partial charge >= 0.3 is 0 Å². The van der Waals surface area contributed by atoms with E-state index in [0.29, 0.717) is 17.7 Å². The molecule has 2 heterocycles. The molecule has 0 radical (unpaired) electrons. The number of carbonyl (C=O) groups is 2. The molecule has 0 bridgehead atoms. The largest absolute Gasteiger partial charge is 0.308 e. The van der Waals surface area contributed by atoms with E-state index in [0.717, 1.165) is 13.0 Å². The number of hydrogen-bond donors (Lipinski definition) is 1. The molecule has 0 spiro atoms. The molecule has 2 aromatic carbocycles. The maximum Gasteiger partial charge on any atom is 0.261 e. The highest BCUT2D eigenvalue weighted by Crippen LogP contribution is 2.28. The average molecular weight is 292 g/mol. The summed E-state index contributed by atoms with van der Waals surface area (Å²) in [4.78, 5) is 26.3. The zero-order valence-corrected chi connectivity index (χ0v) is 12.1. The zero-order chi connectivity index (χ0) is 15.1. The van der Waals surface area contributed by atoms with Crippen molar-refractivity contribution in [2.75, 3.05) is 13.1 Å². The molecule has 4 rings (SSSR count). The summed E-state index contributed by atoms with van der Waals surface area (Å²) in [6.45, 7) is 1.24. The summed E-state index contributed by atoms with van der Waals surface area (Å²) in [6, 6.07) is 15.3. The fraction of sp³-hybridized carbons (Fsp3) is 0.222. The second kappa shape index (κ2) is 5.07. The van der Waals surface area contributed by atoms with Crippen molar-refractivity contribution in [1.29, 1.82) is 0 Å². The Morgan fingerprint density at radius 3 is 2.32 bits per heavy atom. The van der Waals surface area contributed by atoms with E-state index in [-0.39, 0.29) is 17.9 Å². The molecule has 2 aromatic rings. The van der Waals surface area contributed by atoms with Gasteiger partial charge in [0.25, 0.3) is 11.8 Å². The Morgan fingerprint density at radius 1 is 0.955 bits per heavy atom. The van der Waals surface area contributed by atoms with Gasteiger partial charge in [0.15, 0.2) is 0 Å². The molecule has 0 saturated carbocycles. The highest BCUT2D eigenvalue weighted by Gasteiger charge is 2.37. The van der Waals surface area contributed by atoms with E-state index in [9.17, 15) is 9.59 Å². The number of rotatable bonds is 2. The van der Waals surface area contributed by atoms with Gasteiger partial charge in [-0.2, -0.15) is 0 Å². The minimum Gasteiger partial charge on any atom is -0.308 e. The number of nitrogens with zero attached hydrogens (tertiary/aromatic N) is 1. The van der Waals surface area contributed by atoms with Crippen molar-refractivity contribution in [2.24, 2.45) is 0 Å². The molecule has 0 aromatic heterocycles. The first-order chi connectivity index (χ1) is 10.8. The Kier molecular flexibility index (Phi) is 3.05. The Labute approximate surface area is 128 Å². The Hall–Kier alpha value is -2.46. The number of imide groups is 1. The Bertz CT molecular complexity index is 734. The number of hydrogen-bond acceptors (Lipinski definition) is 3. The smallest absolute Gasteiger partial charge is 0.261 e. The van der Waals surface area contributed by atoms with Crippen LogP contribution in [0.2, 0.25) is 0 Å². The maximum absolute atomic E-state index is 12.5. The molecule has 1 unspecified atom stereocenters. The molecular weight excluding hydrogens is 276 g/mol. The fourth-order valence-corrected chi connectivity index (χ4v) is 3.34. The van der Waals surface area contributed by atoms with E-state index < -0.39 is 0 Å². The van der Waals surface area contributed by atoms with Crippen molar-refractivity contribution in [2.45, 2.75) is 12.5 Å². The average Bonchev–Trinajstić information content (AvgIpc) is 2.81. The Morgan fingerprint density at radius 2 is 1.59 bits per heavy atom. The number of benzene rings is 2. The predicted octanol–water partition coefficient (Wildman–Crippen LogP) is 2.17. The molecule has 0 aliphatic carbocycles. The first-order valence-electron chi connectivity index (χ1n) is 7.52. The second-order valence-electron chi connectivity index (χ2n) is 5.72. The normalized spacial score (nSPS) is 20.0. The molecule has 110 valence electrons. The zero-order valence-electron chi connectivity index (χ0n) is 12.1. The van der Waals surface area contributed by atoms with Crippen molar-refractivity contribution in [1.82, 2.24) is 10.2 Å². The lowest BCUT2D eigenvalue weighted by molar-refractivity contribution is 0.0637. The van der Waals surface area contributed by atoms with Crippen molar-refractivity contribution < 1.29 is 9.59 Å². The van der Waals surface area contributed by atoms with Crippen LogP contribution in [-0.4, -0.2) is 29.8 Å². The monoisotopic (exact) mass is 292 g/mol. The first-order valence-corrected chi connectivity index (χ1v) is 7.52. The van der Waals surface area contributed by atoms with Crippen LogP contribution in [0, 0.1) is 0 Å².